The zero-order valence-electron chi connectivity index (χ0n) is 15.1. The number of benzene rings is 2. The van der Waals surface area contributed by atoms with E-state index >= 15 is 0 Å². The van der Waals surface area contributed by atoms with Gasteiger partial charge in [0.1, 0.15) is 0 Å². The normalized spacial score (nSPS) is 10.3. The third kappa shape index (κ3) is 4.80. The second kappa shape index (κ2) is 9.09. The van der Waals surface area contributed by atoms with Gasteiger partial charge in [-0.1, -0.05) is 12.1 Å². The molecule has 1 aromatic heterocycles. The number of nitrogens with zero attached hydrogens (tertiary/aromatic N) is 1. The van der Waals surface area contributed by atoms with E-state index in [0.29, 0.717) is 22.7 Å². The number of hydrogen-bond donors (Lipinski definition) is 1. The quantitative estimate of drug-likeness (QED) is 0.605. The average molecular weight is 380 g/mol. The van der Waals surface area contributed by atoms with Crippen molar-refractivity contribution in [1.29, 1.82) is 0 Å². The maximum atomic E-state index is 12.8. The number of pyridine rings is 1. The number of rotatable bonds is 7. The fourth-order valence-corrected chi connectivity index (χ4v) is 3.54. The van der Waals surface area contributed by atoms with Crippen molar-refractivity contribution in [2.75, 3.05) is 19.5 Å². The molecule has 2 aromatic carbocycles. The van der Waals surface area contributed by atoms with Gasteiger partial charge in [-0.25, -0.2) is 0 Å². The summed E-state index contributed by atoms with van der Waals surface area (Å²) >= 11 is 1.62. The predicted molar refractivity (Wildman–Crippen MR) is 108 cm³/mol. The van der Waals surface area contributed by atoms with Crippen LogP contribution in [0.15, 0.2) is 71.9 Å². The van der Waals surface area contributed by atoms with Crippen LogP contribution in [0.5, 0.6) is 11.5 Å². The van der Waals surface area contributed by atoms with Crippen molar-refractivity contribution in [1.82, 2.24) is 4.98 Å². The number of anilines is 1. The Hall–Kier alpha value is -2.99. The summed E-state index contributed by atoms with van der Waals surface area (Å²) in [5, 5.41) is 2.92. The van der Waals surface area contributed by atoms with Crippen LogP contribution in [0.3, 0.4) is 0 Å². The molecular formula is C21H20N2O3S. The van der Waals surface area contributed by atoms with Crippen LogP contribution in [0, 0.1) is 0 Å². The molecule has 0 saturated heterocycles. The van der Waals surface area contributed by atoms with Crippen molar-refractivity contribution < 1.29 is 14.3 Å². The highest BCUT2D eigenvalue weighted by atomic mass is 32.2. The molecule has 27 heavy (non-hydrogen) atoms. The molecule has 0 saturated carbocycles. The summed E-state index contributed by atoms with van der Waals surface area (Å²) in [5.74, 6) is 1.78. The van der Waals surface area contributed by atoms with E-state index in [1.165, 1.54) is 0 Å². The second-order valence-electron chi connectivity index (χ2n) is 5.66. The minimum absolute atomic E-state index is 0.167. The smallest absolute Gasteiger partial charge is 0.256 e. The first kappa shape index (κ1) is 18.8. The Labute approximate surface area is 162 Å². The summed E-state index contributed by atoms with van der Waals surface area (Å²) in [7, 11) is 3.14. The first-order valence-electron chi connectivity index (χ1n) is 8.35. The van der Waals surface area contributed by atoms with Crippen LogP contribution in [-0.2, 0) is 5.75 Å². The lowest BCUT2D eigenvalue weighted by Crippen LogP contribution is -2.13. The number of carbonyl (C=O) groups excluding carboxylic acids is 1. The number of carbonyl (C=O) groups is 1. The highest BCUT2D eigenvalue weighted by molar-refractivity contribution is 7.98. The van der Waals surface area contributed by atoms with Crippen molar-refractivity contribution in [3.63, 3.8) is 0 Å². The van der Waals surface area contributed by atoms with E-state index < -0.39 is 0 Å². The molecule has 0 aliphatic rings. The number of ether oxygens (including phenoxy) is 2. The zero-order chi connectivity index (χ0) is 19.1. The molecule has 1 heterocycles. The second-order valence-corrected chi connectivity index (χ2v) is 6.68. The molecule has 3 rings (SSSR count). The first-order chi connectivity index (χ1) is 13.2. The Morgan fingerprint density at radius 2 is 1.74 bits per heavy atom. The fraction of sp³-hybridized carbons (Fsp3) is 0.143. The molecule has 0 atom stereocenters. The van der Waals surface area contributed by atoms with Gasteiger partial charge in [-0.15, -0.1) is 11.8 Å². The first-order valence-corrected chi connectivity index (χ1v) is 9.34. The van der Waals surface area contributed by atoms with Gasteiger partial charge in [-0.2, -0.15) is 0 Å². The molecule has 0 spiro atoms. The van der Waals surface area contributed by atoms with Crippen LogP contribution in [0.25, 0.3) is 0 Å². The van der Waals surface area contributed by atoms with Crippen molar-refractivity contribution in [2.45, 2.75) is 10.6 Å². The average Bonchev–Trinajstić information content (AvgIpc) is 2.73. The molecule has 6 heteroatoms. The summed E-state index contributed by atoms with van der Waals surface area (Å²) in [6, 6.07) is 16.8. The molecule has 5 nitrogen and oxygen atoms in total. The van der Waals surface area contributed by atoms with Crippen molar-refractivity contribution >= 4 is 23.4 Å². The number of methoxy groups -OCH3 is 2. The molecule has 3 aromatic rings. The summed E-state index contributed by atoms with van der Waals surface area (Å²) in [4.78, 5) is 17.7. The van der Waals surface area contributed by atoms with Crippen LogP contribution in [0.1, 0.15) is 15.9 Å². The summed E-state index contributed by atoms with van der Waals surface area (Å²) < 4.78 is 10.5. The number of amides is 1. The molecule has 0 bridgehead atoms. The Bertz CT molecular complexity index is 916. The molecule has 0 radical (unpaired) electrons. The van der Waals surface area contributed by atoms with Crippen LogP contribution in [0.2, 0.25) is 0 Å². The topological polar surface area (TPSA) is 60.5 Å². The fourth-order valence-electron chi connectivity index (χ4n) is 2.53. The van der Waals surface area contributed by atoms with Crippen LogP contribution in [-0.4, -0.2) is 25.1 Å². The summed E-state index contributed by atoms with van der Waals surface area (Å²) in [5.41, 5.74) is 2.43. The van der Waals surface area contributed by atoms with E-state index in [2.05, 4.69) is 10.3 Å². The molecule has 0 unspecified atom stereocenters. The molecule has 1 N–H and O–H groups in total. The number of nitrogens with one attached hydrogen (secondary N) is 1. The van der Waals surface area contributed by atoms with E-state index in [1.807, 2.05) is 36.4 Å². The highest BCUT2D eigenvalue weighted by Crippen LogP contribution is 2.31. The van der Waals surface area contributed by atoms with Gasteiger partial charge in [0.2, 0.25) is 0 Å². The van der Waals surface area contributed by atoms with Crippen molar-refractivity contribution in [3.8, 4) is 11.5 Å². The van der Waals surface area contributed by atoms with Gasteiger partial charge >= 0.3 is 0 Å². The zero-order valence-corrected chi connectivity index (χ0v) is 16.0. The predicted octanol–water partition coefficient (Wildman–Crippen LogP) is 4.64. The van der Waals surface area contributed by atoms with E-state index in [1.54, 1.807) is 56.6 Å². The molecule has 1 amide bonds. The standard InChI is InChI=1S/C21H20N2O3S/c1-25-18-8-7-16(13-19(18)26-2)23-21(24)17-5-3-4-6-20(17)27-14-15-9-11-22-12-10-15/h3-13H,14H2,1-2H3,(H,23,24). The number of hydrogen-bond acceptors (Lipinski definition) is 5. The summed E-state index contributed by atoms with van der Waals surface area (Å²) in [6.45, 7) is 0. The maximum Gasteiger partial charge on any atom is 0.256 e. The van der Waals surface area contributed by atoms with Gasteiger partial charge in [0.05, 0.1) is 19.8 Å². The van der Waals surface area contributed by atoms with Gasteiger partial charge < -0.3 is 14.8 Å². The molecule has 0 aliphatic carbocycles. The van der Waals surface area contributed by atoms with Gasteiger partial charge in [0.25, 0.3) is 5.91 Å². The lowest BCUT2D eigenvalue weighted by Gasteiger charge is -2.12. The SMILES string of the molecule is COc1ccc(NC(=O)c2ccccc2SCc2ccncc2)cc1OC. The monoisotopic (exact) mass is 380 g/mol. The molecular weight excluding hydrogens is 360 g/mol. The van der Waals surface area contributed by atoms with E-state index in [9.17, 15) is 4.79 Å². The highest BCUT2D eigenvalue weighted by Gasteiger charge is 2.13. The minimum Gasteiger partial charge on any atom is -0.493 e. The van der Waals surface area contributed by atoms with Gasteiger partial charge in [0.15, 0.2) is 11.5 Å². The lowest BCUT2D eigenvalue weighted by molar-refractivity contribution is 0.102. The molecule has 138 valence electrons. The van der Waals surface area contributed by atoms with Crippen LogP contribution >= 0.6 is 11.8 Å². The Kier molecular flexibility index (Phi) is 6.33. The van der Waals surface area contributed by atoms with Crippen LogP contribution < -0.4 is 14.8 Å². The largest absolute Gasteiger partial charge is 0.493 e. The lowest BCUT2D eigenvalue weighted by atomic mass is 10.2. The summed E-state index contributed by atoms with van der Waals surface area (Å²) in [6.07, 6.45) is 3.54. The third-order valence-electron chi connectivity index (χ3n) is 3.92. The molecule has 0 aliphatic heterocycles. The minimum atomic E-state index is -0.167. The third-order valence-corrected chi connectivity index (χ3v) is 5.06. The maximum absolute atomic E-state index is 12.8. The van der Waals surface area contributed by atoms with E-state index in [0.717, 1.165) is 16.2 Å². The van der Waals surface area contributed by atoms with Crippen LogP contribution in [0.4, 0.5) is 5.69 Å². The molecule has 0 fully saturated rings. The van der Waals surface area contributed by atoms with Gasteiger partial charge in [-0.05, 0) is 42.0 Å². The van der Waals surface area contributed by atoms with Crippen molar-refractivity contribution in [2.24, 2.45) is 0 Å². The van der Waals surface area contributed by atoms with E-state index in [4.69, 9.17) is 9.47 Å². The van der Waals surface area contributed by atoms with Gasteiger partial charge in [-0.3, -0.25) is 9.78 Å². The Morgan fingerprint density at radius 3 is 2.48 bits per heavy atom. The Morgan fingerprint density at radius 1 is 1.00 bits per heavy atom. The van der Waals surface area contributed by atoms with Crippen molar-refractivity contribution in [3.05, 3.63) is 78.1 Å². The van der Waals surface area contributed by atoms with E-state index in [-0.39, 0.29) is 5.91 Å². The Balaban J connectivity index is 1.75. The number of thioether (sulfide) groups is 1. The van der Waals surface area contributed by atoms with Gasteiger partial charge in [0, 0.05) is 34.8 Å². The number of aromatic nitrogens is 1.